The lowest BCUT2D eigenvalue weighted by atomic mass is 10.2. The Labute approximate surface area is 150 Å². The summed E-state index contributed by atoms with van der Waals surface area (Å²) in [7, 11) is -0.874. The third kappa shape index (κ3) is 3.73. The standard InChI is InChI=1S/C17H17FN4O3S/c1-22-15(12-5-7-19-8-6-12)10-14(21-22)11-20-26(23,24)17-9-13(18)3-4-16(17)25-2/h3-10,20H,11H2,1-2H3. The van der Waals surface area contributed by atoms with Crippen LogP contribution in [0.2, 0.25) is 0 Å². The molecule has 0 aliphatic carbocycles. The van der Waals surface area contributed by atoms with Gasteiger partial charge in [-0.15, -0.1) is 0 Å². The number of halogens is 1. The number of nitrogens with one attached hydrogen (secondary N) is 1. The minimum Gasteiger partial charge on any atom is -0.495 e. The number of rotatable bonds is 6. The van der Waals surface area contributed by atoms with Crippen LogP contribution in [-0.2, 0) is 23.6 Å². The van der Waals surface area contributed by atoms with Crippen LogP contribution >= 0.6 is 0 Å². The Bertz CT molecular complexity index is 1020. The molecule has 3 aromatic rings. The lowest BCUT2D eigenvalue weighted by Gasteiger charge is -2.10. The van der Waals surface area contributed by atoms with Crippen molar-refractivity contribution in [2.75, 3.05) is 7.11 Å². The van der Waals surface area contributed by atoms with E-state index in [1.165, 1.54) is 13.2 Å². The van der Waals surface area contributed by atoms with Crippen molar-refractivity contribution < 1.29 is 17.5 Å². The molecule has 0 saturated heterocycles. The van der Waals surface area contributed by atoms with Crippen molar-refractivity contribution in [3.8, 4) is 17.0 Å². The summed E-state index contributed by atoms with van der Waals surface area (Å²) in [5.41, 5.74) is 2.26. The largest absolute Gasteiger partial charge is 0.495 e. The molecule has 0 amide bonds. The van der Waals surface area contributed by atoms with Gasteiger partial charge in [0.1, 0.15) is 16.5 Å². The van der Waals surface area contributed by atoms with Gasteiger partial charge in [0.05, 0.1) is 25.0 Å². The maximum absolute atomic E-state index is 13.5. The molecule has 9 heteroatoms. The molecule has 1 aromatic carbocycles. The monoisotopic (exact) mass is 376 g/mol. The minimum absolute atomic E-state index is 0.0407. The van der Waals surface area contributed by atoms with Crippen LogP contribution in [0.25, 0.3) is 11.3 Å². The predicted octanol–water partition coefficient (Wildman–Crippen LogP) is 2.11. The molecule has 0 spiro atoms. The maximum Gasteiger partial charge on any atom is 0.244 e. The van der Waals surface area contributed by atoms with Crippen LogP contribution in [0.15, 0.2) is 53.7 Å². The second kappa shape index (κ2) is 7.22. The lowest BCUT2D eigenvalue weighted by Crippen LogP contribution is -2.24. The Morgan fingerprint density at radius 1 is 1.19 bits per heavy atom. The number of aromatic nitrogens is 3. The molecule has 0 aliphatic rings. The number of methoxy groups -OCH3 is 1. The second-order valence-electron chi connectivity index (χ2n) is 5.50. The van der Waals surface area contributed by atoms with E-state index in [0.29, 0.717) is 5.69 Å². The Hall–Kier alpha value is -2.78. The van der Waals surface area contributed by atoms with Gasteiger partial charge < -0.3 is 4.74 Å². The Morgan fingerprint density at radius 3 is 2.62 bits per heavy atom. The fraction of sp³-hybridized carbons (Fsp3) is 0.176. The highest BCUT2D eigenvalue weighted by atomic mass is 32.2. The molecule has 1 N–H and O–H groups in total. The van der Waals surface area contributed by atoms with Crippen LogP contribution in [0.1, 0.15) is 5.69 Å². The smallest absolute Gasteiger partial charge is 0.244 e. The van der Waals surface area contributed by atoms with Crippen LogP contribution in [0.3, 0.4) is 0 Å². The first-order chi connectivity index (χ1) is 12.4. The Kier molecular flexibility index (Phi) is 5.01. The van der Waals surface area contributed by atoms with Gasteiger partial charge in [-0.1, -0.05) is 0 Å². The first-order valence-corrected chi connectivity index (χ1v) is 9.15. The third-order valence-corrected chi connectivity index (χ3v) is 5.19. The van der Waals surface area contributed by atoms with E-state index in [2.05, 4.69) is 14.8 Å². The number of aryl methyl sites for hydroxylation is 1. The molecule has 2 aromatic heterocycles. The molecule has 0 aliphatic heterocycles. The van der Waals surface area contributed by atoms with Gasteiger partial charge in [0.15, 0.2) is 0 Å². The third-order valence-electron chi connectivity index (χ3n) is 3.76. The number of benzene rings is 1. The summed E-state index contributed by atoms with van der Waals surface area (Å²) >= 11 is 0. The first kappa shape index (κ1) is 18.0. The van der Waals surface area contributed by atoms with E-state index in [9.17, 15) is 12.8 Å². The number of hydrogen-bond acceptors (Lipinski definition) is 5. The molecule has 26 heavy (non-hydrogen) atoms. The van der Waals surface area contributed by atoms with Gasteiger partial charge >= 0.3 is 0 Å². The van der Waals surface area contributed by atoms with Gasteiger partial charge in [0.25, 0.3) is 0 Å². The molecule has 2 heterocycles. The highest BCUT2D eigenvalue weighted by Gasteiger charge is 2.21. The summed E-state index contributed by atoms with van der Waals surface area (Å²) in [4.78, 5) is 3.71. The maximum atomic E-state index is 13.5. The van der Waals surface area contributed by atoms with Crippen LogP contribution < -0.4 is 9.46 Å². The number of pyridine rings is 1. The Balaban J connectivity index is 1.82. The minimum atomic E-state index is -3.97. The van der Waals surface area contributed by atoms with Crippen molar-refractivity contribution in [1.29, 1.82) is 0 Å². The average Bonchev–Trinajstić information content (AvgIpc) is 3.01. The van der Waals surface area contributed by atoms with Crippen molar-refractivity contribution in [2.24, 2.45) is 7.05 Å². The van der Waals surface area contributed by atoms with Crippen LogP contribution in [0.4, 0.5) is 4.39 Å². The van der Waals surface area contributed by atoms with Gasteiger partial charge in [-0.25, -0.2) is 17.5 Å². The molecular formula is C17H17FN4O3S. The van der Waals surface area contributed by atoms with Gasteiger partial charge in [0, 0.05) is 25.0 Å². The summed E-state index contributed by atoms with van der Waals surface area (Å²) < 4.78 is 47.5. The molecule has 7 nitrogen and oxygen atoms in total. The van der Waals surface area contributed by atoms with E-state index in [0.717, 1.165) is 23.4 Å². The molecule has 0 saturated carbocycles. The topological polar surface area (TPSA) is 86.1 Å². The summed E-state index contributed by atoms with van der Waals surface area (Å²) in [5.74, 6) is -0.596. The zero-order valence-electron chi connectivity index (χ0n) is 14.2. The molecule has 0 fully saturated rings. The van der Waals surface area contributed by atoms with Crippen molar-refractivity contribution in [1.82, 2.24) is 19.5 Å². The first-order valence-electron chi connectivity index (χ1n) is 7.67. The zero-order valence-corrected chi connectivity index (χ0v) is 15.0. The molecule has 0 atom stereocenters. The van der Waals surface area contributed by atoms with Crippen molar-refractivity contribution in [2.45, 2.75) is 11.4 Å². The molecule has 0 radical (unpaired) electrons. The normalized spacial score (nSPS) is 11.5. The average molecular weight is 376 g/mol. The van der Waals surface area contributed by atoms with Crippen LogP contribution in [0, 0.1) is 5.82 Å². The number of nitrogens with zero attached hydrogens (tertiary/aromatic N) is 3. The fourth-order valence-corrected chi connectivity index (χ4v) is 3.69. The van der Waals surface area contributed by atoms with E-state index in [4.69, 9.17) is 4.74 Å². The number of hydrogen-bond donors (Lipinski definition) is 1. The molecule has 0 bridgehead atoms. The summed E-state index contributed by atoms with van der Waals surface area (Å²) in [6.07, 6.45) is 3.34. The Morgan fingerprint density at radius 2 is 1.92 bits per heavy atom. The van der Waals surface area contributed by atoms with Crippen molar-refractivity contribution in [3.05, 3.63) is 60.3 Å². The fourth-order valence-electron chi connectivity index (χ4n) is 2.51. The van der Waals surface area contributed by atoms with E-state index in [-0.39, 0.29) is 17.2 Å². The van der Waals surface area contributed by atoms with Gasteiger partial charge in [-0.2, -0.15) is 5.10 Å². The van der Waals surface area contributed by atoms with E-state index in [1.807, 2.05) is 12.1 Å². The predicted molar refractivity (Wildman–Crippen MR) is 93.4 cm³/mol. The molecule has 136 valence electrons. The SMILES string of the molecule is COc1ccc(F)cc1S(=O)(=O)NCc1cc(-c2ccncc2)n(C)n1. The van der Waals surface area contributed by atoms with Crippen LogP contribution in [-0.4, -0.2) is 30.3 Å². The van der Waals surface area contributed by atoms with E-state index in [1.54, 1.807) is 30.2 Å². The highest BCUT2D eigenvalue weighted by Crippen LogP contribution is 2.25. The lowest BCUT2D eigenvalue weighted by molar-refractivity contribution is 0.400. The van der Waals surface area contributed by atoms with Crippen molar-refractivity contribution >= 4 is 10.0 Å². The second-order valence-corrected chi connectivity index (χ2v) is 7.24. The van der Waals surface area contributed by atoms with Crippen molar-refractivity contribution in [3.63, 3.8) is 0 Å². The van der Waals surface area contributed by atoms with E-state index >= 15 is 0 Å². The number of sulfonamides is 1. The summed E-state index contributed by atoms with van der Waals surface area (Å²) in [6, 6.07) is 8.78. The highest BCUT2D eigenvalue weighted by molar-refractivity contribution is 7.89. The van der Waals surface area contributed by atoms with Gasteiger partial charge in [-0.05, 0) is 36.4 Å². The van der Waals surface area contributed by atoms with Gasteiger partial charge in [0.2, 0.25) is 10.0 Å². The van der Waals surface area contributed by atoms with Gasteiger partial charge in [-0.3, -0.25) is 9.67 Å². The zero-order chi connectivity index (χ0) is 18.7. The summed E-state index contributed by atoms with van der Waals surface area (Å²) in [6.45, 7) is -0.0407. The summed E-state index contributed by atoms with van der Waals surface area (Å²) in [5, 5.41) is 4.31. The van der Waals surface area contributed by atoms with E-state index < -0.39 is 15.8 Å². The number of ether oxygens (including phenoxy) is 1. The quantitative estimate of drug-likeness (QED) is 0.712. The molecular weight excluding hydrogens is 359 g/mol. The molecule has 3 rings (SSSR count). The van der Waals surface area contributed by atoms with Crippen LogP contribution in [0.5, 0.6) is 5.75 Å². The molecule has 0 unspecified atom stereocenters.